The molecule has 0 radical (unpaired) electrons. The Labute approximate surface area is 141 Å². The number of H-pyrrole nitrogens is 1. The van der Waals surface area contributed by atoms with E-state index < -0.39 is 11.9 Å². The summed E-state index contributed by atoms with van der Waals surface area (Å²) in [7, 11) is 0. The molecule has 0 aliphatic carbocycles. The molecule has 0 saturated carbocycles. The van der Waals surface area contributed by atoms with Gasteiger partial charge < -0.3 is 5.32 Å². The zero-order chi connectivity index (χ0) is 16.2. The SMILES string of the molecule is O=C(NC(c1ccccc1)c1nn[nH]n1)c1ccnc(Cl)c1Cl. The van der Waals surface area contributed by atoms with Crippen molar-refractivity contribution in [3.63, 3.8) is 0 Å². The average Bonchev–Trinajstić information content (AvgIpc) is 3.10. The lowest BCUT2D eigenvalue weighted by Gasteiger charge is -2.16. The third kappa shape index (κ3) is 3.30. The molecular formula is C14H10Cl2N6O. The molecule has 0 spiro atoms. The third-order valence-electron chi connectivity index (χ3n) is 3.12. The number of aromatic amines is 1. The fraction of sp³-hybridized carbons (Fsp3) is 0.0714. The lowest BCUT2D eigenvalue weighted by Crippen LogP contribution is -2.30. The predicted octanol–water partition coefficient (Wildman–Crippen LogP) is 2.42. The smallest absolute Gasteiger partial charge is 0.253 e. The molecule has 3 rings (SSSR count). The van der Waals surface area contributed by atoms with Crippen LogP contribution in [0, 0.1) is 0 Å². The first-order valence-corrected chi connectivity index (χ1v) is 7.31. The maximum Gasteiger partial charge on any atom is 0.253 e. The highest BCUT2D eigenvalue weighted by Crippen LogP contribution is 2.25. The van der Waals surface area contributed by atoms with E-state index >= 15 is 0 Å². The second-order valence-electron chi connectivity index (χ2n) is 4.55. The van der Waals surface area contributed by atoms with Gasteiger partial charge in [0.25, 0.3) is 5.91 Å². The maximum atomic E-state index is 12.5. The molecule has 0 aliphatic rings. The lowest BCUT2D eigenvalue weighted by atomic mass is 10.1. The monoisotopic (exact) mass is 348 g/mol. The molecule has 2 heterocycles. The summed E-state index contributed by atoms with van der Waals surface area (Å²) in [6, 6.07) is 10.2. The van der Waals surface area contributed by atoms with Crippen LogP contribution in [0.1, 0.15) is 27.8 Å². The summed E-state index contributed by atoms with van der Waals surface area (Å²) in [4.78, 5) is 16.4. The van der Waals surface area contributed by atoms with E-state index in [0.29, 0.717) is 5.82 Å². The summed E-state index contributed by atoms with van der Waals surface area (Å²) < 4.78 is 0. The second kappa shape index (κ2) is 6.72. The van der Waals surface area contributed by atoms with Crippen LogP contribution in [-0.2, 0) is 0 Å². The van der Waals surface area contributed by atoms with Gasteiger partial charge in [-0.05, 0) is 11.6 Å². The Morgan fingerprint density at radius 3 is 2.65 bits per heavy atom. The standard InChI is InChI=1S/C14H10Cl2N6O/c15-10-9(6-7-17-12(10)16)14(23)18-11(13-19-21-22-20-13)8-4-2-1-3-5-8/h1-7,11H,(H,18,23)(H,19,20,21,22). The molecule has 23 heavy (non-hydrogen) atoms. The lowest BCUT2D eigenvalue weighted by molar-refractivity contribution is 0.0941. The van der Waals surface area contributed by atoms with E-state index in [1.54, 1.807) is 0 Å². The van der Waals surface area contributed by atoms with Crippen LogP contribution in [0.4, 0.5) is 0 Å². The van der Waals surface area contributed by atoms with E-state index in [4.69, 9.17) is 23.2 Å². The number of amides is 1. The average molecular weight is 349 g/mol. The Morgan fingerprint density at radius 1 is 1.17 bits per heavy atom. The molecule has 2 N–H and O–H groups in total. The molecule has 1 aromatic carbocycles. The number of carbonyl (C=O) groups excluding carboxylic acids is 1. The fourth-order valence-corrected chi connectivity index (χ4v) is 2.39. The van der Waals surface area contributed by atoms with Crippen LogP contribution in [0.3, 0.4) is 0 Å². The van der Waals surface area contributed by atoms with Gasteiger partial charge >= 0.3 is 0 Å². The van der Waals surface area contributed by atoms with Gasteiger partial charge in [-0.2, -0.15) is 5.21 Å². The van der Waals surface area contributed by atoms with Crippen molar-refractivity contribution in [2.24, 2.45) is 0 Å². The van der Waals surface area contributed by atoms with Gasteiger partial charge in [-0.3, -0.25) is 4.79 Å². The number of carbonyl (C=O) groups is 1. The number of aromatic nitrogens is 5. The van der Waals surface area contributed by atoms with Crippen LogP contribution in [-0.4, -0.2) is 31.5 Å². The minimum atomic E-state index is -0.578. The Kier molecular flexibility index (Phi) is 4.50. The largest absolute Gasteiger partial charge is 0.338 e. The zero-order valence-electron chi connectivity index (χ0n) is 11.6. The first kappa shape index (κ1) is 15.4. The first-order valence-electron chi connectivity index (χ1n) is 6.56. The number of rotatable bonds is 4. The molecule has 1 unspecified atom stereocenters. The Bertz CT molecular complexity index is 809. The summed E-state index contributed by atoms with van der Waals surface area (Å²) in [5.74, 6) is -0.0845. The Hall–Kier alpha value is -2.51. The highest BCUT2D eigenvalue weighted by molar-refractivity contribution is 6.43. The zero-order valence-corrected chi connectivity index (χ0v) is 13.1. The molecule has 9 heteroatoms. The highest BCUT2D eigenvalue weighted by Gasteiger charge is 2.23. The number of halogens is 2. The molecule has 0 fully saturated rings. The fourth-order valence-electron chi connectivity index (χ4n) is 2.04. The van der Waals surface area contributed by atoms with E-state index in [9.17, 15) is 4.79 Å². The van der Waals surface area contributed by atoms with E-state index in [1.165, 1.54) is 12.3 Å². The van der Waals surface area contributed by atoms with E-state index in [-0.39, 0.29) is 15.7 Å². The number of hydrogen-bond donors (Lipinski definition) is 2. The minimum Gasteiger partial charge on any atom is -0.338 e. The molecule has 7 nitrogen and oxygen atoms in total. The molecule has 0 saturated heterocycles. The Morgan fingerprint density at radius 2 is 1.96 bits per heavy atom. The highest BCUT2D eigenvalue weighted by atomic mass is 35.5. The number of tetrazole rings is 1. The quantitative estimate of drug-likeness (QED) is 0.705. The number of pyridine rings is 1. The van der Waals surface area contributed by atoms with E-state index in [2.05, 4.69) is 30.9 Å². The normalized spacial score (nSPS) is 11.9. The van der Waals surface area contributed by atoms with Crippen LogP contribution < -0.4 is 5.32 Å². The predicted molar refractivity (Wildman–Crippen MR) is 84.2 cm³/mol. The van der Waals surface area contributed by atoms with Crippen molar-refractivity contribution in [3.05, 3.63) is 69.7 Å². The first-order chi connectivity index (χ1) is 11.2. The number of nitrogens with zero attached hydrogens (tertiary/aromatic N) is 4. The van der Waals surface area contributed by atoms with Gasteiger partial charge in [-0.15, -0.1) is 10.2 Å². The molecule has 116 valence electrons. The van der Waals surface area contributed by atoms with Crippen LogP contribution in [0.25, 0.3) is 0 Å². The molecule has 1 atom stereocenters. The second-order valence-corrected chi connectivity index (χ2v) is 5.29. The maximum absolute atomic E-state index is 12.5. The molecule has 3 aromatic rings. The summed E-state index contributed by atoms with van der Waals surface area (Å²) in [6.45, 7) is 0. The van der Waals surface area contributed by atoms with Gasteiger partial charge in [0.05, 0.1) is 10.6 Å². The van der Waals surface area contributed by atoms with Gasteiger partial charge in [0.1, 0.15) is 11.2 Å². The van der Waals surface area contributed by atoms with Crippen molar-refractivity contribution in [2.75, 3.05) is 0 Å². The summed E-state index contributed by atoms with van der Waals surface area (Å²) in [6.07, 6.45) is 1.41. The summed E-state index contributed by atoms with van der Waals surface area (Å²) >= 11 is 11.9. The van der Waals surface area contributed by atoms with Crippen LogP contribution >= 0.6 is 23.2 Å². The summed E-state index contributed by atoms with van der Waals surface area (Å²) in [5, 5.41) is 16.8. The van der Waals surface area contributed by atoms with Gasteiger partial charge in [0.2, 0.25) is 5.82 Å². The number of nitrogens with one attached hydrogen (secondary N) is 2. The topological polar surface area (TPSA) is 96.5 Å². The van der Waals surface area contributed by atoms with E-state index in [1.807, 2.05) is 30.3 Å². The van der Waals surface area contributed by atoms with Crippen molar-refractivity contribution in [3.8, 4) is 0 Å². The Balaban J connectivity index is 1.93. The molecule has 0 bridgehead atoms. The number of benzene rings is 1. The molecular weight excluding hydrogens is 339 g/mol. The van der Waals surface area contributed by atoms with Gasteiger partial charge in [0.15, 0.2) is 0 Å². The minimum absolute atomic E-state index is 0.0649. The van der Waals surface area contributed by atoms with Crippen molar-refractivity contribution in [1.29, 1.82) is 0 Å². The van der Waals surface area contributed by atoms with Gasteiger partial charge in [0, 0.05) is 6.20 Å². The van der Waals surface area contributed by atoms with Crippen LogP contribution in [0.15, 0.2) is 42.6 Å². The van der Waals surface area contributed by atoms with Gasteiger partial charge in [-0.1, -0.05) is 58.7 Å². The molecule has 2 aromatic heterocycles. The van der Waals surface area contributed by atoms with Crippen LogP contribution in [0.2, 0.25) is 10.2 Å². The van der Waals surface area contributed by atoms with Crippen LogP contribution in [0.5, 0.6) is 0 Å². The molecule has 0 aliphatic heterocycles. The number of hydrogen-bond acceptors (Lipinski definition) is 5. The van der Waals surface area contributed by atoms with Crippen molar-refractivity contribution < 1.29 is 4.79 Å². The van der Waals surface area contributed by atoms with Crippen molar-refractivity contribution in [1.82, 2.24) is 30.9 Å². The third-order valence-corrected chi connectivity index (χ3v) is 3.89. The van der Waals surface area contributed by atoms with Crippen molar-refractivity contribution >= 4 is 29.1 Å². The van der Waals surface area contributed by atoms with Crippen molar-refractivity contribution in [2.45, 2.75) is 6.04 Å². The summed E-state index contributed by atoms with van der Waals surface area (Å²) in [5.41, 5.74) is 1.02. The molecule has 1 amide bonds. The van der Waals surface area contributed by atoms with Gasteiger partial charge in [-0.25, -0.2) is 4.98 Å². The van der Waals surface area contributed by atoms with E-state index in [0.717, 1.165) is 5.56 Å².